The smallest absolute Gasteiger partial charge is 0.310 e. The summed E-state index contributed by atoms with van der Waals surface area (Å²) < 4.78 is 4.96. The van der Waals surface area contributed by atoms with Gasteiger partial charge in [0.1, 0.15) is 5.82 Å². The van der Waals surface area contributed by atoms with Crippen LogP contribution in [-0.2, 0) is 16.1 Å². The summed E-state index contributed by atoms with van der Waals surface area (Å²) in [6.45, 7) is 9.18. The molecule has 0 amide bonds. The molecule has 3 heterocycles. The van der Waals surface area contributed by atoms with Crippen LogP contribution in [0.2, 0.25) is 0 Å². The zero-order valence-corrected chi connectivity index (χ0v) is 18.1. The van der Waals surface area contributed by atoms with Crippen LogP contribution in [-0.4, -0.2) is 61.6 Å². The number of carbonyl (C=O) groups is 1. The first-order valence-electron chi connectivity index (χ1n) is 10.9. The fourth-order valence-corrected chi connectivity index (χ4v) is 4.22. The number of esters is 1. The molecule has 2 fully saturated rings. The van der Waals surface area contributed by atoms with E-state index in [0.29, 0.717) is 13.1 Å². The summed E-state index contributed by atoms with van der Waals surface area (Å²) in [7, 11) is 1.46. The summed E-state index contributed by atoms with van der Waals surface area (Å²) in [6, 6.07) is 4.21. The van der Waals surface area contributed by atoms with Crippen LogP contribution in [0.25, 0.3) is 0 Å². The lowest BCUT2D eigenvalue weighted by molar-refractivity contribution is -0.145. The molecule has 0 aromatic carbocycles. The Morgan fingerprint density at radius 1 is 1.28 bits per heavy atom. The van der Waals surface area contributed by atoms with E-state index in [2.05, 4.69) is 40.0 Å². The second kappa shape index (κ2) is 10.5. The van der Waals surface area contributed by atoms with Crippen molar-refractivity contribution in [3.05, 3.63) is 23.9 Å². The molecule has 0 bridgehead atoms. The van der Waals surface area contributed by atoms with E-state index in [1.54, 1.807) is 0 Å². The van der Waals surface area contributed by atoms with Gasteiger partial charge in [0, 0.05) is 38.9 Å². The van der Waals surface area contributed by atoms with Gasteiger partial charge in [0.05, 0.1) is 19.6 Å². The predicted molar refractivity (Wildman–Crippen MR) is 116 cm³/mol. The zero-order valence-electron chi connectivity index (χ0n) is 18.1. The van der Waals surface area contributed by atoms with Gasteiger partial charge in [0.25, 0.3) is 0 Å². The molecule has 0 spiro atoms. The summed E-state index contributed by atoms with van der Waals surface area (Å²) in [5.41, 5.74) is 1.16. The summed E-state index contributed by atoms with van der Waals surface area (Å²) in [6.07, 6.45) is 7.00. The average Bonchev–Trinajstić information content (AvgIpc) is 2.94. The standard InChI is InChI=1S/C22H35N5O2/c1-4-23-22(27-15-17(2)19(16-27)21(28)29-3)25-14-18-9-10-24-20(13-18)26-11-7-5-6-8-12-26/h9-10,13,17,19H,4-8,11-12,14-16H2,1-3H3,(H,23,25). The fourth-order valence-electron chi connectivity index (χ4n) is 4.22. The zero-order chi connectivity index (χ0) is 20.6. The van der Waals surface area contributed by atoms with Crippen LogP contribution in [0.4, 0.5) is 5.82 Å². The molecule has 29 heavy (non-hydrogen) atoms. The first-order valence-corrected chi connectivity index (χ1v) is 10.9. The third-order valence-electron chi connectivity index (χ3n) is 5.90. The molecule has 2 aliphatic heterocycles. The topological polar surface area (TPSA) is 70.1 Å². The summed E-state index contributed by atoms with van der Waals surface area (Å²) in [5, 5.41) is 3.38. The average molecular weight is 402 g/mol. The van der Waals surface area contributed by atoms with E-state index in [1.165, 1.54) is 32.8 Å². The molecule has 7 nitrogen and oxygen atoms in total. The Kier molecular flexibility index (Phi) is 7.72. The maximum Gasteiger partial charge on any atom is 0.310 e. The predicted octanol–water partition coefficient (Wildman–Crippen LogP) is 2.67. The quantitative estimate of drug-likeness (QED) is 0.465. The van der Waals surface area contributed by atoms with E-state index in [4.69, 9.17) is 9.73 Å². The molecule has 1 aromatic rings. The van der Waals surface area contributed by atoms with E-state index in [1.807, 2.05) is 12.3 Å². The van der Waals surface area contributed by atoms with E-state index in [0.717, 1.165) is 43.5 Å². The molecule has 160 valence electrons. The number of aromatic nitrogens is 1. The van der Waals surface area contributed by atoms with Crippen molar-refractivity contribution in [3.8, 4) is 0 Å². The second-order valence-corrected chi connectivity index (χ2v) is 8.11. The minimum absolute atomic E-state index is 0.0978. The number of likely N-dealkylation sites (tertiary alicyclic amines) is 1. The molecule has 1 aromatic heterocycles. The van der Waals surface area contributed by atoms with Crippen LogP contribution in [0.5, 0.6) is 0 Å². The Hall–Kier alpha value is -2.31. The Morgan fingerprint density at radius 3 is 2.72 bits per heavy atom. The lowest BCUT2D eigenvalue weighted by Crippen LogP contribution is -2.40. The molecule has 0 saturated carbocycles. The number of pyridine rings is 1. The highest BCUT2D eigenvalue weighted by Gasteiger charge is 2.36. The molecule has 2 aliphatic rings. The van der Waals surface area contributed by atoms with E-state index < -0.39 is 0 Å². The van der Waals surface area contributed by atoms with Gasteiger partial charge in [-0.05, 0) is 43.4 Å². The highest BCUT2D eigenvalue weighted by atomic mass is 16.5. The van der Waals surface area contributed by atoms with Gasteiger partial charge < -0.3 is 19.9 Å². The van der Waals surface area contributed by atoms with E-state index >= 15 is 0 Å². The lowest BCUT2D eigenvalue weighted by Gasteiger charge is -2.22. The summed E-state index contributed by atoms with van der Waals surface area (Å²) in [4.78, 5) is 26.0. The third kappa shape index (κ3) is 5.61. The number of guanidine groups is 1. The van der Waals surface area contributed by atoms with Crippen LogP contribution in [0.1, 0.15) is 45.1 Å². The van der Waals surface area contributed by atoms with Gasteiger partial charge >= 0.3 is 5.97 Å². The van der Waals surface area contributed by atoms with Crippen molar-refractivity contribution in [2.24, 2.45) is 16.8 Å². The van der Waals surface area contributed by atoms with Crippen molar-refractivity contribution in [1.82, 2.24) is 15.2 Å². The molecular formula is C22H35N5O2. The maximum atomic E-state index is 12.0. The second-order valence-electron chi connectivity index (χ2n) is 8.11. The van der Waals surface area contributed by atoms with Crippen LogP contribution < -0.4 is 10.2 Å². The van der Waals surface area contributed by atoms with Gasteiger partial charge in [0.2, 0.25) is 0 Å². The van der Waals surface area contributed by atoms with Gasteiger partial charge in [-0.1, -0.05) is 19.8 Å². The van der Waals surface area contributed by atoms with Gasteiger partial charge in [-0.15, -0.1) is 0 Å². The van der Waals surface area contributed by atoms with Gasteiger partial charge in [-0.3, -0.25) is 4.79 Å². The molecule has 2 saturated heterocycles. The van der Waals surface area contributed by atoms with Crippen LogP contribution in [0.15, 0.2) is 23.3 Å². The lowest BCUT2D eigenvalue weighted by atomic mass is 9.99. The number of rotatable bonds is 5. The van der Waals surface area contributed by atoms with Gasteiger partial charge in [-0.25, -0.2) is 9.98 Å². The molecule has 3 rings (SSSR count). The number of hydrogen-bond acceptors (Lipinski definition) is 5. The minimum Gasteiger partial charge on any atom is -0.469 e. The van der Waals surface area contributed by atoms with Crippen molar-refractivity contribution in [3.63, 3.8) is 0 Å². The first kappa shape index (κ1) is 21.4. The number of nitrogens with zero attached hydrogens (tertiary/aromatic N) is 4. The minimum atomic E-state index is -0.132. The highest BCUT2D eigenvalue weighted by Crippen LogP contribution is 2.24. The number of carbonyl (C=O) groups excluding carboxylic acids is 1. The molecule has 0 aliphatic carbocycles. The van der Waals surface area contributed by atoms with Crippen molar-refractivity contribution in [2.45, 2.75) is 46.1 Å². The third-order valence-corrected chi connectivity index (χ3v) is 5.90. The van der Waals surface area contributed by atoms with Crippen LogP contribution in [0, 0.1) is 11.8 Å². The Bertz CT molecular complexity index is 700. The molecule has 0 radical (unpaired) electrons. The molecule has 1 N–H and O–H groups in total. The maximum absolute atomic E-state index is 12.0. The molecule has 2 atom stereocenters. The number of ether oxygens (including phenoxy) is 1. The highest BCUT2D eigenvalue weighted by molar-refractivity contribution is 5.82. The fraction of sp³-hybridized carbons (Fsp3) is 0.682. The van der Waals surface area contributed by atoms with Gasteiger partial charge in [0.15, 0.2) is 5.96 Å². The Balaban J connectivity index is 1.69. The largest absolute Gasteiger partial charge is 0.469 e. The number of hydrogen-bond donors (Lipinski definition) is 1. The summed E-state index contributed by atoms with van der Waals surface area (Å²) in [5.74, 6) is 1.94. The normalized spacial score (nSPS) is 23.1. The summed E-state index contributed by atoms with van der Waals surface area (Å²) >= 11 is 0. The molecule has 2 unspecified atom stereocenters. The van der Waals surface area contributed by atoms with Crippen LogP contribution >= 0.6 is 0 Å². The molecule has 7 heteroatoms. The van der Waals surface area contributed by atoms with Crippen molar-refractivity contribution in [1.29, 1.82) is 0 Å². The van der Waals surface area contributed by atoms with Crippen molar-refractivity contribution >= 4 is 17.7 Å². The van der Waals surface area contributed by atoms with E-state index in [-0.39, 0.29) is 17.8 Å². The molecular weight excluding hydrogens is 366 g/mol. The number of methoxy groups -OCH3 is 1. The van der Waals surface area contributed by atoms with Crippen molar-refractivity contribution in [2.75, 3.05) is 44.7 Å². The van der Waals surface area contributed by atoms with Crippen molar-refractivity contribution < 1.29 is 9.53 Å². The Morgan fingerprint density at radius 2 is 2.03 bits per heavy atom. The SMILES string of the molecule is CCNC(=NCc1ccnc(N2CCCCCC2)c1)N1CC(C)C(C(=O)OC)C1. The Labute approximate surface area is 174 Å². The number of aliphatic imine (C=N–C) groups is 1. The number of nitrogens with one attached hydrogen (secondary N) is 1. The van der Waals surface area contributed by atoms with Crippen LogP contribution in [0.3, 0.4) is 0 Å². The van der Waals surface area contributed by atoms with E-state index in [9.17, 15) is 4.79 Å². The number of anilines is 1. The monoisotopic (exact) mass is 401 g/mol. The first-order chi connectivity index (χ1) is 14.1. The van der Waals surface area contributed by atoms with Gasteiger partial charge in [-0.2, -0.15) is 0 Å².